The molecule has 0 saturated carbocycles. The van der Waals surface area contributed by atoms with E-state index >= 15 is 0 Å². The van der Waals surface area contributed by atoms with Gasteiger partial charge in [0.1, 0.15) is 0 Å². The Morgan fingerprint density at radius 1 is 1.27 bits per heavy atom. The fraction of sp³-hybridized carbons (Fsp3) is 0.263. The highest BCUT2D eigenvalue weighted by atomic mass is 32.1. The molecule has 0 aliphatic carbocycles. The van der Waals surface area contributed by atoms with Gasteiger partial charge < -0.3 is 4.90 Å². The molecule has 0 N–H and O–H groups in total. The molecule has 26 heavy (non-hydrogen) atoms. The lowest BCUT2D eigenvalue weighted by Gasteiger charge is -2.17. The summed E-state index contributed by atoms with van der Waals surface area (Å²) in [7, 11) is 0. The standard InChI is InChI=1S/C19H17N3O3S/c23-19(7-3-6-18-20-15-4-1-2-5-17(15)26-18)21-11-10-13-8-9-14(22(24)25)12-16(13)21/h1-2,4-5,8-9,12H,3,6-7,10-11H2. The van der Waals surface area contributed by atoms with Gasteiger partial charge in [-0.05, 0) is 37.0 Å². The van der Waals surface area contributed by atoms with Gasteiger partial charge in [-0.25, -0.2) is 4.98 Å². The molecule has 1 aliphatic heterocycles. The summed E-state index contributed by atoms with van der Waals surface area (Å²) in [5.41, 5.74) is 2.71. The molecule has 4 rings (SSSR count). The number of hydrogen-bond acceptors (Lipinski definition) is 5. The van der Waals surface area contributed by atoms with Crippen LogP contribution in [0, 0.1) is 10.1 Å². The zero-order valence-electron chi connectivity index (χ0n) is 14.1. The van der Waals surface area contributed by atoms with Crippen molar-refractivity contribution in [1.82, 2.24) is 4.98 Å². The summed E-state index contributed by atoms with van der Waals surface area (Å²) in [5, 5.41) is 12.0. The van der Waals surface area contributed by atoms with E-state index in [1.54, 1.807) is 22.3 Å². The second kappa shape index (κ2) is 6.84. The number of nitrogens with zero attached hydrogens (tertiary/aromatic N) is 3. The Balaban J connectivity index is 1.40. The molecule has 1 amide bonds. The van der Waals surface area contributed by atoms with Crippen molar-refractivity contribution < 1.29 is 9.72 Å². The van der Waals surface area contributed by atoms with Gasteiger partial charge in [0.25, 0.3) is 5.69 Å². The molecule has 0 radical (unpaired) electrons. The number of non-ortho nitro benzene ring substituents is 1. The van der Waals surface area contributed by atoms with Gasteiger partial charge >= 0.3 is 0 Å². The van der Waals surface area contributed by atoms with Crippen LogP contribution in [0.5, 0.6) is 0 Å². The fourth-order valence-electron chi connectivity index (χ4n) is 3.29. The van der Waals surface area contributed by atoms with Crippen molar-refractivity contribution in [1.29, 1.82) is 0 Å². The minimum absolute atomic E-state index is 0.0189. The number of amides is 1. The topological polar surface area (TPSA) is 76.3 Å². The smallest absolute Gasteiger partial charge is 0.271 e. The summed E-state index contributed by atoms with van der Waals surface area (Å²) in [6.45, 7) is 0.594. The van der Waals surface area contributed by atoms with Crippen LogP contribution in [0.4, 0.5) is 11.4 Å². The van der Waals surface area contributed by atoms with E-state index in [9.17, 15) is 14.9 Å². The maximum Gasteiger partial charge on any atom is 0.271 e. The van der Waals surface area contributed by atoms with Gasteiger partial charge in [0.2, 0.25) is 5.91 Å². The third-order valence-electron chi connectivity index (χ3n) is 4.60. The summed E-state index contributed by atoms with van der Waals surface area (Å²) in [4.78, 5) is 29.4. The lowest BCUT2D eigenvalue weighted by atomic mass is 10.1. The Morgan fingerprint density at radius 3 is 2.92 bits per heavy atom. The largest absolute Gasteiger partial charge is 0.312 e. The lowest BCUT2D eigenvalue weighted by Crippen LogP contribution is -2.28. The molecule has 0 bridgehead atoms. The second-order valence-electron chi connectivity index (χ2n) is 6.29. The van der Waals surface area contributed by atoms with E-state index in [-0.39, 0.29) is 11.6 Å². The van der Waals surface area contributed by atoms with Crippen LogP contribution in [0.2, 0.25) is 0 Å². The van der Waals surface area contributed by atoms with Crippen molar-refractivity contribution in [2.24, 2.45) is 0 Å². The van der Waals surface area contributed by atoms with Crippen LogP contribution < -0.4 is 4.90 Å². The summed E-state index contributed by atoms with van der Waals surface area (Å²) < 4.78 is 1.16. The number of hydrogen-bond donors (Lipinski definition) is 0. The number of para-hydroxylation sites is 1. The minimum Gasteiger partial charge on any atom is -0.312 e. The maximum atomic E-state index is 12.6. The van der Waals surface area contributed by atoms with Crippen LogP contribution in [-0.2, 0) is 17.6 Å². The molecular weight excluding hydrogens is 350 g/mol. The van der Waals surface area contributed by atoms with Crippen molar-refractivity contribution in [2.75, 3.05) is 11.4 Å². The van der Waals surface area contributed by atoms with Gasteiger partial charge in [-0.3, -0.25) is 14.9 Å². The first-order valence-electron chi connectivity index (χ1n) is 8.54. The third-order valence-corrected chi connectivity index (χ3v) is 5.69. The molecule has 3 aromatic rings. The first-order chi connectivity index (χ1) is 12.6. The van der Waals surface area contributed by atoms with Crippen LogP contribution >= 0.6 is 11.3 Å². The van der Waals surface area contributed by atoms with E-state index in [1.165, 1.54) is 12.1 Å². The zero-order chi connectivity index (χ0) is 18.1. The number of nitro benzene ring substituents is 1. The summed E-state index contributed by atoms with van der Waals surface area (Å²) in [6.07, 6.45) is 2.65. The SMILES string of the molecule is O=C(CCCc1nc2ccccc2s1)N1CCc2ccc([N+](=O)[O-])cc21. The van der Waals surface area contributed by atoms with Gasteiger partial charge in [-0.1, -0.05) is 18.2 Å². The molecule has 0 saturated heterocycles. The third kappa shape index (κ3) is 3.17. The van der Waals surface area contributed by atoms with Gasteiger partial charge in [-0.15, -0.1) is 11.3 Å². The first kappa shape index (κ1) is 16.7. The quantitative estimate of drug-likeness (QED) is 0.502. The van der Waals surface area contributed by atoms with Crippen LogP contribution in [0.25, 0.3) is 10.2 Å². The van der Waals surface area contributed by atoms with Gasteiger partial charge in [-0.2, -0.15) is 0 Å². The molecular formula is C19H17N3O3S. The number of anilines is 1. The molecule has 132 valence electrons. The number of benzene rings is 2. The summed E-state index contributed by atoms with van der Waals surface area (Å²) in [6, 6.07) is 12.8. The van der Waals surface area contributed by atoms with Crippen molar-refractivity contribution in [3.05, 3.63) is 63.1 Å². The Labute approximate surface area is 154 Å². The number of aryl methyl sites for hydroxylation is 1. The number of thiazole rings is 1. The predicted octanol–water partition coefficient (Wildman–Crippen LogP) is 4.12. The number of rotatable bonds is 5. The normalized spacial score (nSPS) is 13.2. The van der Waals surface area contributed by atoms with E-state index in [4.69, 9.17) is 0 Å². The Hall–Kier alpha value is -2.80. The average Bonchev–Trinajstić information content (AvgIpc) is 3.24. The van der Waals surface area contributed by atoms with Gasteiger partial charge in [0.05, 0.1) is 25.8 Å². The molecule has 6 nitrogen and oxygen atoms in total. The lowest BCUT2D eigenvalue weighted by molar-refractivity contribution is -0.384. The maximum absolute atomic E-state index is 12.6. The Bertz CT molecular complexity index is 966. The predicted molar refractivity (Wildman–Crippen MR) is 102 cm³/mol. The van der Waals surface area contributed by atoms with Gasteiger partial charge in [0.15, 0.2) is 0 Å². The summed E-state index contributed by atoms with van der Waals surface area (Å²) >= 11 is 1.66. The number of fused-ring (bicyclic) bond motifs is 2. The monoisotopic (exact) mass is 367 g/mol. The first-order valence-corrected chi connectivity index (χ1v) is 9.35. The number of carbonyl (C=O) groups excluding carboxylic acids is 1. The van der Waals surface area contributed by atoms with Crippen LogP contribution in [-0.4, -0.2) is 22.4 Å². The average molecular weight is 367 g/mol. The molecule has 1 aliphatic rings. The van der Waals surface area contributed by atoms with Crippen molar-refractivity contribution >= 4 is 38.8 Å². The van der Waals surface area contributed by atoms with Gasteiger partial charge in [0, 0.05) is 25.1 Å². The molecule has 7 heteroatoms. The van der Waals surface area contributed by atoms with Crippen LogP contribution in [0.3, 0.4) is 0 Å². The zero-order valence-corrected chi connectivity index (χ0v) is 14.9. The molecule has 1 aromatic heterocycles. The number of aromatic nitrogens is 1. The van der Waals surface area contributed by atoms with Crippen LogP contribution in [0.1, 0.15) is 23.4 Å². The number of nitro groups is 1. The Kier molecular flexibility index (Phi) is 4.38. The fourth-order valence-corrected chi connectivity index (χ4v) is 4.30. The van der Waals surface area contributed by atoms with E-state index in [2.05, 4.69) is 11.1 Å². The van der Waals surface area contributed by atoms with Crippen molar-refractivity contribution in [2.45, 2.75) is 25.7 Å². The molecule has 0 atom stereocenters. The van der Waals surface area contributed by atoms with E-state index in [1.807, 2.05) is 18.2 Å². The second-order valence-corrected chi connectivity index (χ2v) is 7.41. The highest BCUT2D eigenvalue weighted by molar-refractivity contribution is 7.18. The number of carbonyl (C=O) groups is 1. The molecule has 0 fully saturated rings. The molecule has 2 heterocycles. The van der Waals surface area contributed by atoms with Crippen molar-refractivity contribution in [3.8, 4) is 0 Å². The van der Waals surface area contributed by atoms with E-state index < -0.39 is 4.92 Å². The minimum atomic E-state index is -0.422. The molecule has 0 unspecified atom stereocenters. The Morgan fingerprint density at radius 2 is 2.12 bits per heavy atom. The highest BCUT2D eigenvalue weighted by Gasteiger charge is 2.26. The van der Waals surface area contributed by atoms with E-state index in [0.717, 1.165) is 40.1 Å². The molecule has 0 spiro atoms. The highest BCUT2D eigenvalue weighted by Crippen LogP contribution is 2.32. The molecule has 2 aromatic carbocycles. The van der Waals surface area contributed by atoms with Crippen LogP contribution in [0.15, 0.2) is 42.5 Å². The summed E-state index contributed by atoms with van der Waals surface area (Å²) in [5.74, 6) is 0.0189. The van der Waals surface area contributed by atoms with E-state index in [0.29, 0.717) is 18.7 Å². The van der Waals surface area contributed by atoms with Crippen molar-refractivity contribution in [3.63, 3.8) is 0 Å².